The number of anilines is 1. The average Bonchev–Trinajstić information content (AvgIpc) is 2.98. The molecule has 0 bridgehead atoms. The smallest absolute Gasteiger partial charge is 0.161 e. The summed E-state index contributed by atoms with van der Waals surface area (Å²) in [5.41, 5.74) is 7.66. The van der Waals surface area contributed by atoms with Crippen molar-refractivity contribution < 1.29 is 18.3 Å². The number of methoxy groups -OCH3 is 1. The predicted octanol–water partition coefficient (Wildman–Crippen LogP) is 7.98. The van der Waals surface area contributed by atoms with Gasteiger partial charge in [0, 0.05) is 24.0 Å². The Hall–Kier alpha value is -4.16. The van der Waals surface area contributed by atoms with Crippen molar-refractivity contribution in [2.45, 2.75) is 38.5 Å². The number of nitrogens with zero attached hydrogens (tertiary/aromatic N) is 1. The fourth-order valence-electron chi connectivity index (χ4n) is 5.94. The minimum atomic E-state index is -0.274. The van der Waals surface area contributed by atoms with Gasteiger partial charge in [0.1, 0.15) is 18.2 Å². The molecule has 0 spiro atoms. The molecular weight excluding hydrogens is 506 g/mol. The van der Waals surface area contributed by atoms with Gasteiger partial charge in [0.15, 0.2) is 11.5 Å². The Bertz CT molecular complexity index is 1520. The third-order valence-corrected chi connectivity index (χ3v) is 7.93. The summed E-state index contributed by atoms with van der Waals surface area (Å²) in [7, 11) is 1.68. The summed E-state index contributed by atoms with van der Waals surface area (Å²) in [5.74, 6) is 0.924. The van der Waals surface area contributed by atoms with Crippen LogP contribution in [0, 0.1) is 11.6 Å². The maximum atomic E-state index is 13.9. The maximum absolute atomic E-state index is 13.9. The largest absolute Gasteiger partial charge is 0.493 e. The minimum absolute atomic E-state index is 0.113. The number of nitrogens with one attached hydrogen (secondary N) is 1. The number of fused-ring (bicyclic) bond motifs is 3. The highest BCUT2D eigenvalue weighted by Gasteiger charge is 2.40. The van der Waals surface area contributed by atoms with E-state index in [1.54, 1.807) is 19.2 Å². The minimum Gasteiger partial charge on any atom is -0.493 e. The molecule has 40 heavy (non-hydrogen) atoms. The summed E-state index contributed by atoms with van der Waals surface area (Å²) in [6.07, 6.45) is 1.67. The van der Waals surface area contributed by atoms with Gasteiger partial charge < -0.3 is 14.8 Å². The Labute approximate surface area is 233 Å². The molecule has 2 aliphatic rings. The van der Waals surface area contributed by atoms with E-state index in [2.05, 4.69) is 29.3 Å². The molecule has 0 aliphatic carbocycles. The monoisotopic (exact) mass is 538 g/mol. The highest BCUT2D eigenvalue weighted by Crippen LogP contribution is 2.49. The van der Waals surface area contributed by atoms with Gasteiger partial charge in [0.05, 0.1) is 13.2 Å². The first kappa shape index (κ1) is 26.1. The quantitative estimate of drug-likeness (QED) is 0.259. The fraction of sp³-hybridized carbons (Fsp3) is 0.235. The number of ether oxygens (including phenoxy) is 2. The molecule has 0 saturated carbocycles. The zero-order chi connectivity index (χ0) is 27.6. The molecule has 4 nitrogen and oxygen atoms in total. The van der Waals surface area contributed by atoms with Crippen LogP contribution >= 0.6 is 0 Å². The number of hydrogen-bond acceptors (Lipinski definition) is 4. The van der Waals surface area contributed by atoms with Gasteiger partial charge in [-0.2, -0.15) is 0 Å². The molecule has 4 aromatic carbocycles. The lowest BCUT2D eigenvalue weighted by Crippen LogP contribution is -2.43. The summed E-state index contributed by atoms with van der Waals surface area (Å²) in [5, 5.41) is 3.57. The molecule has 0 saturated heterocycles. The summed E-state index contributed by atoms with van der Waals surface area (Å²) in [6.45, 7) is 3.44. The molecule has 0 radical (unpaired) electrons. The van der Waals surface area contributed by atoms with E-state index in [0.717, 1.165) is 47.6 Å². The van der Waals surface area contributed by atoms with Gasteiger partial charge in [0.2, 0.25) is 0 Å². The van der Waals surface area contributed by atoms with Crippen LogP contribution in [0.5, 0.6) is 11.5 Å². The van der Waals surface area contributed by atoms with E-state index in [0.29, 0.717) is 12.4 Å². The molecular formula is C34H32F2N2O2. The number of rotatable bonds is 7. The van der Waals surface area contributed by atoms with Crippen molar-refractivity contribution in [2.75, 3.05) is 19.0 Å². The third kappa shape index (κ3) is 5.19. The SMILES string of the molecule is COc1cc2c(cc1OCc1ccccc1)CCN1C2CC(C)=C(Nc2ccc(F)cc2)C1c1ccc(F)cc1. The van der Waals surface area contributed by atoms with Crippen molar-refractivity contribution in [1.29, 1.82) is 0 Å². The zero-order valence-corrected chi connectivity index (χ0v) is 22.7. The number of hydrogen-bond donors (Lipinski definition) is 1. The molecule has 2 heterocycles. The molecule has 2 unspecified atom stereocenters. The normalized spacial score (nSPS) is 18.6. The van der Waals surface area contributed by atoms with Crippen LogP contribution in [-0.2, 0) is 13.0 Å². The Kier molecular flexibility index (Phi) is 7.27. The summed E-state index contributed by atoms with van der Waals surface area (Å²) >= 11 is 0. The first-order valence-corrected chi connectivity index (χ1v) is 13.6. The van der Waals surface area contributed by atoms with Crippen molar-refractivity contribution in [3.05, 3.63) is 136 Å². The van der Waals surface area contributed by atoms with Crippen LogP contribution in [0.1, 0.15) is 47.7 Å². The Morgan fingerprint density at radius 3 is 2.27 bits per heavy atom. The maximum Gasteiger partial charge on any atom is 0.161 e. The van der Waals surface area contributed by atoms with Crippen molar-refractivity contribution in [3.8, 4) is 11.5 Å². The molecule has 0 amide bonds. The van der Waals surface area contributed by atoms with Crippen LogP contribution < -0.4 is 14.8 Å². The number of benzene rings is 4. The lowest BCUT2D eigenvalue weighted by atomic mass is 9.81. The lowest BCUT2D eigenvalue weighted by Gasteiger charge is -2.47. The van der Waals surface area contributed by atoms with Gasteiger partial charge in [-0.05, 0) is 90.6 Å². The molecule has 6 rings (SSSR count). The van der Waals surface area contributed by atoms with E-state index in [4.69, 9.17) is 9.47 Å². The first-order valence-electron chi connectivity index (χ1n) is 13.6. The fourth-order valence-corrected chi connectivity index (χ4v) is 5.94. The van der Waals surface area contributed by atoms with Gasteiger partial charge >= 0.3 is 0 Å². The van der Waals surface area contributed by atoms with Gasteiger partial charge in [-0.15, -0.1) is 0 Å². The number of halogens is 2. The van der Waals surface area contributed by atoms with Crippen molar-refractivity contribution in [2.24, 2.45) is 0 Å². The lowest BCUT2D eigenvalue weighted by molar-refractivity contribution is 0.127. The van der Waals surface area contributed by atoms with E-state index in [1.807, 2.05) is 42.5 Å². The average molecular weight is 539 g/mol. The van der Waals surface area contributed by atoms with E-state index in [9.17, 15) is 8.78 Å². The highest BCUT2D eigenvalue weighted by molar-refractivity contribution is 5.55. The van der Waals surface area contributed by atoms with Gasteiger partial charge in [-0.1, -0.05) is 48.0 Å². The molecule has 0 fully saturated rings. The topological polar surface area (TPSA) is 33.7 Å². The summed E-state index contributed by atoms with van der Waals surface area (Å²) in [4.78, 5) is 2.48. The highest BCUT2D eigenvalue weighted by atomic mass is 19.1. The van der Waals surface area contributed by atoms with Crippen molar-refractivity contribution >= 4 is 5.69 Å². The standard InChI is InChI=1S/C34H32F2N2O2/c1-22-18-30-29-20-31(39-2)32(40-21-23-6-4-3-5-7-23)19-25(29)16-17-38(30)34(24-8-10-26(35)11-9-24)33(22)37-28-14-12-27(36)13-15-28/h3-15,19-20,30,34,37H,16-18,21H2,1-2H3. The molecule has 4 aromatic rings. The van der Waals surface area contributed by atoms with Crippen molar-refractivity contribution in [3.63, 3.8) is 0 Å². The summed E-state index contributed by atoms with van der Waals surface area (Å²) < 4.78 is 39.5. The van der Waals surface area contributed by atoms with E-state index in [1.165, 1.54) is 41.0 Å². The molecule has 204 valence electrons. The van der Waals surface area contributed by atoms with Crippen LogP contribution in [0.4, 0.5) is 14.5 Å². The van der Waals surface area contributed by atoms with Gasteiger partial charge in [-0.25, -0.2) is 8.78 Å². The predicted molar refractivity (Wildman–Crippen MR) is 153 cm³/mol. The van der Waals surface area contributed by atoms with Crippen LogP contribution in [0.3, 0.4) is 0 Å². The zero-order valence-electron chi connectivity index (χ0n) is 22.7. The molecule has 0 aromatic heterocycles. The molecule has 6 heteroatoms. The second kappa shape index (κ2) is 11.1. The van der Waals surface area contributed by atoms with Gasteiger partial charge in [-0.3, -0.25) is 4.90 Å². The second-order valence-electron chi connectivity index (χ2n) is 10.5. The van der Waals surface area contributed by atoms with Crippen LogP contribution in [-0.4, -0.2) is 18.6 Å². The Morgan fingerprint density at radius 2 is 1.57 bits per heavy atom. The second-order valence-corrected chi connectivity index (χ2v) is 10.5. The molecule has 2 aliphatic heterocycles. The molecule has 2 atom stereocenters. The van der Waals surface area contributed by atoms with Gasteiger partial charge in [0.25, 0.3) is 0 Å². The van der Waals surface area contributed by atoms with Crippen molar-refractivity contribution in [1.82, 2.24) is 4.90 Å². The van der Waals surface area contributed by atoms with E-state index < -0.39 is 0 Å². The first-order chi connectivity index (χ1) is 19.5. The van der Waals surface area contributed by atoms with Crippen LogP contribution in [0.25, 0.3) is 0 Å². The Morgan fingerprint density at radius 1 is 0.875 bits per heavy atom. The Balaban J connectivity index is 1.36. The van der Waals surface area contributed by atoms with E-state index in [-0.39, 0.29) is 23.7 Å². The van der Waals surface area contributed by atoms with Crippen LogP contribution in [0.2, 0.25) is 0 Å². The summed E-state index contributed by atoms with van der Waals surface area (Å²) in [6, 6.07) is 27.5. The van der Waals surface area contributed by atoms with E-state index >= 15 is 0 Å². The van der Waals surface area contributed by atoms with Crippen LogP contribution in [0.15, 0.2) is 102 Å². The molecule has 1 N–H and O–H groups in total. The third-order valence-electron chi connectivity index (χ3n) is 7.93.